The van der Waals surface area contributed by atoms with E-state index in [2.05, 4.69) is 12.2 Å². The summed E-state index contributed by atoms with van der Waals surface area (Å²) in [6.45, 7) is 0.583. The molecule has 19 heavy (non-hydrogen) atoms. The van der Waals surface area contributed by atoms with Gasteiger partial charge in [-0.1, -0.05) is 12.2 Å². The minimum atomic E-state index is -1.01. The summed E-state index contributed by atoms with van der Waals surface area (Å²) in [6, 6.07) is 2.87. The van der Waals surface area contributed by atoms with Crippen molar-refractivity contribution in [3.05, 3.63) is 29.3 Å². The fraction of sp³-hybridized carbons (Fsp3) is 0.462. The number of anilines is 1. The molecule has 1 aliphatic carbocycles. The average Bonchev–Trinajstić information content (AvgIpc) is 2.29. The van der Waals surface area contributed by atoms with E-state index >= 15 is 0 Å². The molecule has 0 aromatic heterocycles. The van der Waals surface area contributed by atoms with Crippen LogP contribution in [0.2, 0.25) is 0 Å². The fourth-order valence-electron chi connectivity index (χ4n) is 2.36. The van der Waals surface area contributed by atoms with Crippen LogP contribution in [0.4, 0.5) is 14.5 Å². The molecule has 0 atom stereocenters. The van der Waals surface area contributed by atoms with Crippen LogP contribution >= 0.6 is 12.2 Å². The van der Waals surface area contributed by atoms with Crippen molar-refractivity contribution in [2.24, 2.45) is 11.7 Å². The molecule has 1 saturated carbocycles. The third-order valence-electron chi connectivity index (χ3n) is 3.48. The van der Waals surface area contributed by atoms with E-state index in [1.807, 2.05) is 0 Å². The highest BCUT2D eigenvalue weighted by Crippen LogP contribution is 2.30. The van der Waals surface area contributed by atoms with Crippen molar-refractivity contribution in [1.29, 1.82) is 0 Å². The molecule has 3 N–H and O–H groups in total. The summed E-state index contributed by atoms with van der Waals surface area (Å²) in [4.78, 5) is 1.49. The minimum Gasteiger partial charge on any atom is -0.393 e. The Morgan fingerprint density at radius 3 is 2.58 bits per heavy atom. The quantitative estimate of drug-likeness (QED) is 0.829. The van der Waals surface area contributed by atoms with Gasteiger partial charge in [0.05, 0.1) is 11.8 Å². The van der Waals surface area contributed by atoms with Crippen LogP contribution in [-0.2, 0) is 0 Å². The van der Waals surface area contributed by atoms with Crippen molar-refractivity contribution < 1.29 is 13.9 Å². The summed E-state index contributed by atoms with van der Waals surface area (Å²) >= 11 is 4.66. The molecule has 1 aromatic rings. The van der Waals surface area contributed by atoms with Gasteiger partial charge in [0.15, 0.2) is 11.6 Å². The number of halogens is 2. The van der Waals surface area contributed by atoms with E-state index in [0.717, 1.165) is 0 Å². The average molecular weight is 286 g/mol. The van der Waals surface area contributed by atoms with Crippen molar-refractivity contribution in [3.63, 3.8) is 0 Å². The number of nitrogens with zero attached hydrogens (tertiary/aromatic N) is 1. The summed E-state index contributed by atoms with van der Waals surface area (Å²) < 4.78 is 27.7. The van der Waals surface area contributed by atoms with Gasteiger partial charge in [-0.25, -0.2) is 8.78 Å². The van der Waals surface area contributed by atoms with Crippen LogP contribution in [-0.4, -0.2) is 29.8 Å². The molecule has 6 heteroatoms. The summed E-state index contributed by atoms with van der Waals surface area (Å²) in [6.07, 6.45) is 1.16. The van der Waals surface area contributed by atoms with Gasteiger partial charge in [-0.3, -0.25) is 0 Å². The zero-order chi connectivity index (χ0) is 14.2. The van der Waals surface area contributed by atoms with Gasteiger partial charge in [0, 0.05) is 19.2 Å². The minimum absolute atomic E-state index is 0.0799. The summed E-state index contributed by atoms with van der Waals surface area (Å²) in [5.74, 6) is -1.63. The topological polar surface area (TPSA) is 49.5 Å². The molecule has 0 spiro atoms. The molecule has 1 aliphatic rings. The molecule has 0 bridgehead atoms. The highest BCUT2D eigenvalue weighted by Gasteiger charge is 2.29. The van der Waals surface area contributed by atoms with Gasteiger partial charge >= 0.3 is 0 Å². The van der Waals surface area contributed by atoms with Gasteiger partial charge in [0.1, 0.15) is 4.99 Å². The fourth-order valence-corrected chi connectivity index (χ4v) is 2.52. The first-order valence-electron chi connectivity index (χ1n) is 6.07. The van der Waals surface area contributed by atoms with E-state index in [1.54, 1.807) is 11.9 Å². The maximum Gasteiger partial charge on any atom is 0.182 e. The molecule has 0 aliphatic heterocycles. The number of hydrogen-bond donors (Lipinski definition) is 2. The van der Waals surface area contributed by atoms with Crippen LogP contribution in [0.15, 0.2) is 12.1 Å². The Morgan fingerprint density at radius 2 is 2.05 bits per heavy atom. The number of hydrogen-bond acceptors (Lipinski definition) is 3. The van der Waals surface area contributed by atoms with Crippen molar-refractivity contribution in [3.8, 4) is 0 Å². The molecular weight excluding hydrogens is 270 g/mol. The van der Waals surface area contributed by atoms with Gasteiger partial charge in [0.2, 0.25) is 0 Å². The number of aliphatic hydroxyl groups excluding tert-OH is 1. The Morgan fingerprint density at radius 1 is 1.42 bits per heavy atom. The van der Waals surface area contributed by atoms with Gasteiger partial charge < -0.3 is 15.7 Å². The Balaban J connectivity index is 2.16. The SMILES string of the molecule is CN(CC1CC(O)C1)c1ccc(C(N)=S)c(F)c1F. The lowest BCUT2D eigenvalue weighted by Crippen LogP contribution is -2.37. The molecule has 0 amide bonds. The Hall–Kier alpha value is -1.27. The number of rotatable bonds is 4. The van der Waals surface area contributed by atoms with Crippen molar-refractivity contribution in [2.45, 2.75) is 18.9 Å². The molecule has 1 fully saturated rings. The molecular formula is C13H16F2N2OS. The first-order valence-corrected chi connectivity index (χ1v) is 6.48. The molecule has 104 valence electrons. The second-order valence-corrected chi connectivity index (χ2v) is 5.44. The molecule has 2 rings (SSSR count). The van der Waals surface area contributed by atoms with Crippen molar-refractivity contribution >= 4 is 22.9 Å². The van der Waals surface area contributed by atoms with Gasteiger partial charge in [-0.05, 0) is 30.9 Å². The maximum atomic E-state index is 13.9. The van der Waals surface area contributed by atoms with E-state index < -0.39 is 11.6 Å². The van der Waals surface area contributed by atoms with Crippen LogP contribution in [0.25, 0.3) is 0 Å². The van der Waals surface area contributed by atoms with Crippen molar-refractivity contribution in [2.75, 3.05) is 18.5 Å². The smallest absolute Gasteiger partial charge is 0.182 e. The van der Waals surface area contributed by atoms with Crippen LogP contribution in [0.5, 0.6) is 0 Å². The second kappa shape index (κ2) is 5.38. The monoisotopic (exact) mass is 286 g/mol. The van der Waals surface area contributed by atoms with Gasteiger partial charge in [0.25, 0.3) is 0 Å². The predicted molar refractivity (Wildman–Crippen MR) is 74.2 cm³/mol. The zero-order valence-corrected chi connectivity index (χ0v) is 11.4. The summed E-state index contributed by atoms with van der Waals surface area (Å²) in [5, 5.41) is 9.22. The van der Waals surface area contributed by atoms with Crippen LogP contribution < -0.4 is 10.6 Å². The standard InChI is InChI=1S/C13H16F2N2OS/c1-17(6-7-4-8(18)5-7)10-3-2-9(13(16)19)11(14)12(10)15/h2-3,7-8,18H,4-6H2,1H3,(H2,16,19). The largest absolute Gasteiger partial charge is 0.393 e. The highest BCUT2D eigenvalue weighted by atomic mass is 32.1. The first-order chi connectivity index (χ1) is 8.90. The van der Waals surface area contributed by atoms with E-state index in [9.17, 15) is 13.9 Å². The number of benzene rings is 1. The lowest BCUT2D eigenvalue weighted by molar-refractivity contribution is 0.0464. The van der Waals surface area contributed by atoms with E-state index in [0.29, 0.717) is 25.3 Å². The second-order valence-electron chi connectivity index (χ2n) is 5.00. The third-order valence-corrected chi connectivity index (χ3v) is 3.70. The summed E-state index contributed by atoms with van der Waals surface area (Å²) in [5.41, 5.74) is 5.42. The Kier molecular flexibility index (Phi) is 4.01. The molecule has 0 unspecified atom stereocenters. The Labute approximate surface area is 116 Å². The number of nitrogens with two attached hydrogens (primary N) is 1. The third kappa shape index (κ3) is 2.84. The summed E-state index contributed by atoms with van der Waals surface area (Å²) in [7, 11) is 1.70. The first kappa shape index (κ1) is 14.1. The molecule has 1 aromatic carbocycles. The van der Waals surface area contributed by atoms with Gasteiger partial charge in [-0.2, -0.15) is 0 Å². The lowest BCUT2D eigenvalue weighted by atomic mass is 9.82. The predicted octanol–water partition coefficient (Wildman–Crippen LogP) is 1.81. The van der Waals surface area contributed by atoms with E-state index in [1.165, 1.54) is 12.1 Å². The molecule has 0 heterocycles. The number of aliphatic hydroxyl groups is 1. The van der Waals surface area contributed by atoms with Crippen molar-refractivity contribution in [1.82, 2.24) is 0 Å². The molecule has 0 saturated heterocycles. The van der Waals surface area contributed by atoms with E-state index in [4.69, 9.17) is 5.73 Å². The highest BCUT2D eigenvalue weighted by molar-refractivity contribution is 7.80. The molecule has 0 radical (unpaired) electrons. The lowest BCUT2D eigenvalue weighted by Gasteiger charge is -2.35. The van der Waals surface area contributed by atoms with Crippen LogP contribution in [0, 0.1) is 17.6 Å². The Bertz CT molecular complexity index is 504. The van der Waals surface area contributed by atoms with Crippen LogP contribution in [0.1, 0.15) is 18.4 Å². The normalized spacial score (nSPS) is 21.9. The maximum absolute atomic E-state index is 13.9. The van der Waals surface area contributed by atoms with Crippen LogP contribution in [0.3, 0.4) is 0 Å². The van der Waals surface area contributed by atoms with Gasteiger partial charge in [-0.15, -0.1) is 0 Å². The van der Waals surface area contributed by atoms with E-state index in [-0.39, 0.29) is 22.3 Å². The zero-order valence-electron chi connectivity index (χ0n) is 10.6. The number of thiocarbonyl (C=S) groups is 1. The molecule has 3 nitrogen and oxygen atoms in total.